The van der Waals surface area contributed by atoms with E-state index in [4.69, 9.17) is 9.47 Å². The number of nitrogens with zero attached hydrogens (tertiary/aromatic N) is 1. The smallest absolute Gasteiger partial charge is 0.243 e. The molecule has 170 valence electrons. The average Bonchev–Trinajstić information content (AvgIpc) is 2.78. The average molecular weight is 458 g/mol. The Morgan fingerprint density at radius 2 is 1.56 bits per heavy atom. The number of amides is 3. The number of rotatable bonds is 9. The van der Waals surface area contributed by atoms with Crippen molar-refractivity contribution >= 4 is 40.9 Å². The van der Waals surface area contributed by atoms with E-state index in [1.54, 1.807) is 18.2 Å². The molecule has 0 aliphatic carbocycles. The Hall–Kier alpha value is -3.20. The zero-order chi connectivity index (χ0) is 22.9. The van der Waals surface area contributed by atoms with Gasteiger partial charge in [0.1, 0.15) is 13.2 Å². The lowest BCUT2D eigenvalue weighted by molar-refractivity contribution is -0.132. The fraction of sp³-hybridized carbons (Fsp3) is 0.348. The van der Waals surface area contributed by atoms with Crippen molar-refractivity contribution in [3.8, 4) is 11.5 Å². The molecule has 32 heavy (non-hydrogen) atoms. The molecule has 3 amide bonds. The maximum absolute atomic E-state index is 12.5. The van der Waals surface area contributed by atoms with Gasteiger partial charge in [-0.3, -0.25) is 14.4 Å². The van der Waals surface area contributed by atoms with Crippen molar-refractivity contribution in [3.63, 3.8) is 0 Å². The highest BCUT2D eigenvalue weighted by Gasteiger charge is 2.18. The number of hydrogen-bond donors (Lipinski definition) is 2. The van der Waals surface area contributed by atoms with Gasteiger partial charge in [0.15, 0.2) is 11.5 Å². The fourth-order valence-corrected chi connectivity index (χ4v) is 3.74. The highest BCUT2D eigenvalue weighted by Crippen LogP contribution is 2.32. The van der Waals surface area contributed by atoms with Crippen LogP contribution in [-0.2, 0) is 14.4 Å². The van der Waals surface area contributed by atoms with E-state index >= 15 is 0 Å². The summed E-state index contributed by atoms with van der Waals surface area (Å²) in [5.74, 6) is 0.816. The molecule has 1 aliphatic heterocycles. The first-order valence-corrected chi connectivity index (χ1v) is 11.5. The van der Waals surface area contributed by atoms with E-state index in [0.29, 0.717) is 36.9 Å². The molecule has 8 nitrogen and oxygen atoms in total. The number of fused-ring (bicyclic) bond motifs is 1. The summed E-state index contributed by atoms with van der Waals surface area (Å²) in [6.07, 6.45) is 0. The Balaban J connectivity index is 1.42. The van der Waals surface area contributed by atoms with Crippen molar-refractivity contribution in [3.05, 3.63) is 48.0 Å². The highest BCUT2D eigenvalue weighted by atomic mass is 32.2. The number of benzene rings is 2. The molecule has 0 atom stereocenters. The predicted octanol–water partition coefficient (Wildman–Crippen LogP) is 2.93. The summed E-state index contributed by atoms with van der Waals surface area (Å²) in [4.78, 5) is 38.4. The van der Waals surface area contributed by atoms with Gasteiger partial charge in [-0.15, -0.1) is 11.8 Å². The number of likely N-dealkylation sites (N-methyl/N-ethyl adjacent to an activating group) is 1. The maximum atomic E-state index is 12.5. The second-order valence-corrected chi connectivity index (χ2v) is 8.21. The Morgan fingerprint density at radius 1 is 0.906 bits per heavy atom. The van der Waals surface area contributed by atoms with E-state index in [9.17, 15) is 14.4 Å². The van der Waals surface area contributed by atoms with Crippen molar-refractivity contribution in [1.29, 1.82) is 0 Å². The first kappa shape index (κ1) is 23.5. The summed E-state index contributed by atoms with van der Waals surface area (Å²) in [5, 5.41) is 5.58. The number of nitrogens with one attached hydrogen (secondary N) is 2. The minimum atomic E-state index is -0.306. The minimum Gasteiger partial charge on any atom is -0.486 e. The van der Waals surface area contributed by atoms with Crippen LogP contribution in [0.4, 0.5) is 11.4 Å². The van der Waals surface area contributed by atoms with Crippen LogP contribution in [0.5, 0.6) is 11.5 Å². The molecular weight excluding hydrogens is 430 g/mol. The van der Waals surface area contributed by atoms with Crippen molar-refractivity contribution in [2.75, 3.05) is 48.4 Å². The molecule has 0 saturated carbocycles. The molecule has 3 rings (SSSR count). The molecule has 0 spiro atoms. The third kappa shape index (κ3) is 6.91. The van der Waals surface area contributed by atoms with Gasteiger partial charge in [-0.05, 0) is 38.1 Å². The van der Waals surface area contributed by atoms with E-state index in [1.807, 2.05) is 38.1 Å². The molecule has 0 bridgehead atoms. The van der Waals surface area contributed by atoms with Crippen LogP contribution < -0.4 is 20.1 Å². The lowest BCUT2D eigenvalue weighted by atomic mass is 10.2. The number of carbonyl (C=O) groups is 3. The third-order valence-corrected chi connectivity index (χ3v) is 5.61. The molecule has 2 aromatic rings. The first-order chi connectivity index (χ1) is 15.4. The van der Waals surface area contributed by atoms with Gasteiger partial charge >= 0.3 is 0 Å². The van der Waals surface area contributed by atoms with Crippen LogP contribution >= 0.6 is 11.8 Å². The van der Waals surface area contributed by atoms with Crippen LogP contribution in [0, 0.1) is 6.92 Å². The van der Waals surface area contributed by atoms with Crippen molar-refractivity contribution < 1.29 is 23.9 Å². The monoisotopic (exact) mass is 457 g/mol. The van der Waals surface area contributed by atoms with Crippen LogP contribution in [0.25, 0.3) is 0 Å². The summed E-state index contributed by atoms with van der Waals surface area (Å²) in [7, 11) is 0. The van der Waals surface area contributed by atoms with E-state index in [0.717, 1.165) is 11.3 Å². The Kier molecular flexibility index (Phi) is 8.38. The van der Waals surface area contributed by atoms with Gasteiger partial charge in [-0.1, -0.05) is 17.7 Å². The van der Waals surface area contributed by atoms with E-state index in [1.165, 1.54) is 16.7 Å². The maximum Gasteiger partial charge on any atom is 0.243 e. The molecule has 0 saturated heterocycles. The summed E-state index contributed by atoms with van der Waals surface area (Å²) in [6.45, 7) is 5.07. The van der Waals surface area contributed by atoms with Crippen LogP contribution in [0.2, 0.25) is 0 Å². The lowest BCUT2D eigenvalue weighted by Crippen LogP contribution is -2.39. The molecule has 2 N–H and O–H groups in total. The summed E-state index contributed by atoms with van der Waals surface area (Å²) in [5.41, 5.74) is 2.41. The van der Waals surface area contributed by atoms with Crippen molar-refractivity contribution in [2.24, 2.45) is 0 Å². The molecule has 0 fully saturated rings. The van der Waals surface area contributed by atoms with Crippen molar-refractivity contribution in [2.45, 2.75) is 13.8 Å². The Labute approximate surface area is 191 Å². The van der Waals surface area contributed by atoms with Gasteiger partial charge in [0.25, 0.3) is 0 Å². The molecule has 1 heterocycles. The van der Waals surface area contributed by atoms with E-state index in [-0.39, 0.29) is 35.8 Å². The number of thioether (sulfide) groups is 1. The summed E-state index contributed by atoms with van der Waals surface area (Å²) < 4.78 is 11.0. The standard InChI is InChI=1S/C23H27N3O5S/c1-3-26(13-21(27)25-18-8-9-19-20(12-18)31-11-10-30-19)23(29)15-32-14-22(28)24-17-6-4-16(2)5-7-17/h4-9,12H,3,10-11,13-15H2,1-2H3,(H,24,28)(H,25,27). The van der Waals surface area contributed by atoms with Gasteiger partial charge in [0.05, 0.1) is 18.1 Å². The first-order valence-electron chi connectivity index (χ1n) is 10.4. The zero-order valence-electron chi connectivity index (χ0n) is 18.2. The van der Waals surface area contributed by atoms with Gasteiger partial charge in [0.2, 0.25) is 17.7 Å². The van der Waals surface area contributed by atoms with Gasteiger partial charge in [0, 0.05) is 24.0 Å². The van der Waals surface area contributed by atoms with Crippen LogP contribution in [0.1, 0.15) is 12.5 Å². The van der Waals surface area contributed by atoms with Gasteiger partial charge in [-0.2, -0.15) is 0 Å². The Bertz CT molecular complexity index is 965. The number of ether oxygens (including phenoxy) is 2. The molecule has 1 aliphatic rings. The number of aryl methyl sites for hydroxylation is 1. The predicted molar refractivity (Wildman–Crippen MR) is 125 cm³/mol. The highest BCUT2D eigenvalue weighted by molar-refractivity contribution is 8.00. The SMILES string of the molecule is CCN(CC(=O)Nc1ccc2c(c1)OCCO2)C(=O)CSCC(=O)Nc1ccc(C)cc1. The summed E-state index contributed by atoms with van der Waals surface area (Å²) in [6, 6.07) is 12.7. The molecule has 2 aromatic carbocycles. The third-order valence-electron chi connectivity index (χ3n) is 4.69. The largest absolute Gasteiger partial charge is 0.486 e. The Morgan fingerprint density at radius 3 is 2.28 bits per heavy atom. The second-order valence-electron chi connectivity index (χ2n) is 7.22. The molecule has 0 aromatic heterocycles. The molecule has 0 radical (unpaired) electrons. The fourth-order valence-electron chi connectivity index (χ4n) is 3.03. The normalized spacial score (nSPS) is 12.1. The molecular formula is C23H27N3O5S. The number of anilines is 2. The quantitative estimate of drug-likeness (QED) is 0.601. The van der Waals surface area contributed by atoms with E-state index < -0.39 is 0 Å². The van der Waals surface area contributed by atoms with Crippen LogP contribution in [0.3, 0.4) is 0 Å². The van der Waals surface area contributed by atoms with Gasteiger partial charge < -0.3 is 25.0 Å². The zero-order valence-corrected chi connectivity index (χ0v) is 19.0. The second kappa shape index (κ2) is 11.4. The van der Waals surface area contributed by atoms with Gasteiger partial charge in [-0.25, -0.2) is 0 Å². The number of hydrogen-bond acceptors (Lipinski definition) is 6. The van der Waals surface area contributed by atoms with Crippen LogP contribution in [0.15, 0.2) is 42.5 Å². The minimum absolute atomic E-state index is 0.0695. The van der Waals surface area contributed by atoms with Crippen molar-refractivity contribution in [1.82, 2.24) is 4.90 Å². The lowest BCUT2D eigenvalue weighted by Gasteiger charge is -2.21. The van der Waals surface area contributed by atoms with Crippen LogP contribution in [-0.4, -0.2) is 60.4 Å². The molecule has 0 unspecified atom stereocenters. The number of carbonyl (C=O) groups excluding carboxylic acids is 3. The van der Waals surface area contributed by atoms with E-state index in [2.05, 4.69) is 10.6 Å². The topological polar surface area (TPSA) is 97.0 Å². The molecule has 9 heteroatoms. The summed E-state index contributed by atoms with van der Waals surface area (Å²) >= 11 is 1.22.